The third-order valence-electron chi connectivity index (χ3n) is 5.27. The van der Waals surface area contributed by atoms with Crippen LogP contribution in [0.25, 0.3) is 10.8 Å². The zero-order chi connectivity index (χ0) is 18.3. The van der Waals surface area contributed by atoms with E-state index >= 15 is 0 Å². The molecule has 0 aliphatic rings. The molecule has 1 unspecified atom stereocenters. The Morgan fingerprint density at radius 1 is 0.917 bits per heavy atom. The lowest BCUT2D eigenvalue weighted by molar-refractivity contribution is 0.510. The minimum atomic E-state index is 0.239. The summed E-state index contributed by atoms with van der Waals surface area (Å²) >= 11 is 0. The van der Waals surface area contributed by atoms with Crippen LogP contribution in [0.1, 0.15) is 84.4 Å². The standard InChI is InChI=1S/C21H30.C3H8/c1-7-15(3)14-19-16(4)12-13-18-17(19)10-9-11-20(18)21(5,6)8-2;1-3-2/h9-13,15H,7-8,14H2,1-6H3;3H2,1-2H3. The van der Waals surface area contributed by atoms with Gasteiger partial charge in [0, 0.05) is 0 Å². The van der Waals surface area contributed by atoms with Crippen LogP contribution < -0.4 is 0 Å². The zero-order valence-electron chi connectivity index (χ0n) is 17.3. The second kappa shape index (κ2) is 9.25. The molecular formula is C24H38. The monoisotopic (exact) mass is 326 g/mol. The summed E-state index contributed by atoms with van der Waals surface area (Å²) in [6.45, 7) is 18.2. The summed E-state index contributed by atoms with van der Waals surface area (Å²) < 4.78 is 0. The average Bonchev–Trinajstić information content (AvgIpc) is 2.57. The summed E-state index contributed by atoms with van der Waals surface area (Å²) in [6.07, 6.45) is 4.85. The van der Waals surface area contributed by atoms with E-state index in [1.165, 1.54) is 47.6 Å². The lowest BCUT2D eigenvalue weighted by Gasteiger charge is -2.26. The Kier molecular flexibility index (Phi) is 8.00. The summed E-state index contributed by atoms with van der Waals surface area (Å²) in [6, 6.07) is 11.5. The van der Waals surface area contributed by atoms with Gasteiger partial charge in [-0.25, -0.2) is 0 Å². The van der Waals surface area contributed by atoms with Gasteiger partial charge in [0.05, 0.1) is 0 Å². The van der Waals surface area contributed by atoms with E-state index in [9.17, 15) is 0 Å². The predicted molar refractivity (Wildman–Crippen MR) is 111 cm³/mol. The quantitative estimate of drug-likeness (QED) is 0.525. The molecule has 0 nitrogen and oxygen atoms in total. The second-order valence-electron chi connectivity index (χ2n) is 7.92. The fourth-order valence-electron chi connectivity index (χ4n) is 3.07. The smallest absolute Gasteiger partial charge is 0.0100 e. The van der Waals surface area contributed by atoms with Crippen molar-refractivity contribution < 1.29 is 0 Å². The molecule has 24 heavy (non-hydrogen) atoms. The summed E-state index contributed by atoms with van der Waals surface area (Å²) in [5.74, 6) is 0.747. The summed E-state index contributed by atoms with van der Waals surface area (Å²) in [5.41, 5.74) is 4.72. The van der Waals surface area contributed by atoms with Crippen molar-refractivity contribution >= 4 is 10.8 Å². The van der Waals surface area contributed by atoms with Gasteiger partial charge in [0.1, 0.15) is 0 Å². The van der Waals surface area contributed by atoms with E-state index in [0.29, 0.717) is 0 Å². The fourth-order valence-corrected chi connectivity index (χ4v) is 3.07. The number of fused-ring (bicyclic) bond motifs is 1. The molecule has 0 bridgehead atoms. The third kappa shape index (κ3) is 4.85. The van der Waals surface area contributed by atoms with Crippen LogP contribution in [0.2, 0.25) is 0 Å². The maximum atomic E-state index is 2.36. The molecule has 0 N–H and O–H groups in total. The highest BCUT2D eigenvalue weighted by Crippen LogP contribution is 2.35. The lowest BCUT2D eigenvalue weighted by atomic mass is 9.78. The largest absolute Gasteiger partial charge is 0.0656 e. The van der Waals surface area contributed by atoms with Gasteiger partial charge in [0.2, 0.25) is 0 Å². The predicted octanol–water partition coefficient (Wildman–Crippen LogP) is 7.84. The van der Waals surface area contributed by atoms with Crippen molar-refractivity contribution in [2.24, 2.45) is 5.92 Å². The first-order chi connectivity index (χ1) is 11.3. The van der Waals surface area contributed by atoms with Gasteiger partial charge in [-0.2, -0.15) is 0 Å². The van der Waals surface area contributed by atoms with Crippen LogP contribution in [0.3, 0.4) is 0 Å². The molecule has 0 amide bonds. The highest BCUT2D eigenvalue weighted by molar-refractivity contribution is 5.90. The minimum absolute atomic E-state index is 0.239. The van der Waals surface area contributed by atoms with Crippen LogP contribution in [0.5, 0.6) is 0 Å². The highest BCUT2D eigenvalue weighted by atomic mass is 14.3. The van der Waals surface area contributed by atoms with Crippen molar-refractivity contribution in [1.29, 1.82) is 0 Å². The molecule has 0 heteroatoms. The molecule has 0 aromatic heterocycles. The Bertz CT molecular complexity index is 634. The number of aryl methyl sites for hydroxylation is 1. The van der Waals surface area contributed by atoms with E-state index in [4.69, 9.17) is 0 Å². The summed E-state index contributed by atoms with van der Waals surface area (Å²) in [5, 5.41) is 2.92. The first-order valence-corrected chi connectivity index (χ1v) is 9.83. The molecule has 0 spiro atoms. The van der Waals surface area contributed by atoms with E-state index in [1.807, 2.05) is 0 Å². The lowest BCUT2D eigenvalue weighted by Crippen LogP contribution is -2.16. The minimum Gasteiger partial charge on any atom is -0.0656 e. The van der Waals surface area contributed by atoms with Gasteiger partial charge in [-0.05, 0) is 58.6 Å². The van der Waals surface area contributed by atoms with Crippen LogP contribution in [-0.4, -0.2) is 0 Å². The van der Waals surface area contributed by atoms with Crippen molar-refractivity contribution in [2.75, 3.05) is 0 Å². The number of rotatable bonds is 5. The molecule has 0 aliphatic heterocycles. The average molecular weight is 327 g/mol. The Morgan fingerprint density at radius 2 is 1.54 bits per heavy atom. The van der Waals surface area contributed by atoms with Crippen LogP contribution in [0, 0.1) is 12.8 Å². The first kappa shape index (κ1) is 20.7. The van der Waals surface area contributed by atoms with E-state index in [0.717, 1.165) is 5.92 Å². The highest BCUT2D eigenvalue weighted by Gasteiger charge is 2.21. The van der Waals surface area contributed by atoms with E-state index in [1.54, 1.807) is 5.56 Å². The van der Waals surface area contributed by atoms with Crippen molar-refractivity contribution in [2.45, 2.75) is 86.5 Å². The van der Waals surface area contributed by atoms with Crippen LogP contribution in [0.4, 0.5) is 0 Å². The Morgan fingerprint density at radius 3 is 2.08 bits per heavy atom. The maximum Gasteiger partial charge on any atom is -0.0100 e. The second-order valence-corrected chi connectivity index (χ2v) is 7.92. The van der Waals surface area contributed by atoms with Gasteiger partial charge in [-0.15, -0.1) is 0 Å². The van der Waals surface area contributed by atoms with E-state index in [-0.39, 0.29) is 5.41 Å². The van der Waals surface area contributed by atoms with Gasteiger partial charge in [-0.1, -0.05) is 91.6 Å². The third-order valence-corrected chi connectivity index (χ3v) is 5.27. The van der Waals surface area contributed by atoms with E-state index < -0.39 is 0 Å². The van der Waals surface area contributed by atoms with Crippen molar-refractivity contribution in [3.63, 3.8) is 0 Å². The number of benzene rings is 2. The van der Waals surface area contributed by atoms with Crippen LogP contribution >= 0.6 is 0 Å². The molecule has 2 aromatic carbocycles. The molecule has 134 valence electrons. The Hall–Kier alpha value is -1.30. The first-order valence-electron chi connectivity index (χ1n) is 9.83. The number of hydrogen-bond acceptors (Lipinski definition) is 0. The normalized spacial score (nSPS) is 12.7. The topological polar surface area (TPSA) is 0 Å². The molecule has 0 fully saturated rings. The zero-order valence-corrected chi connectivity index (χ0v) is 17.3. The molecule has 0 heterocycles. The van der Waals surface area contributed by atoms with Crippen molar-refractivity contribution in [3.05, 3.63) is 47.0 Å². The van der Waals surface area contributed by atoms with Crippen LogP contribution in [0.15, 0.2) is 30.3 Å². The van der Waals surface area contributed by atoms with E-state index in [2.05, 4.69) is 85.7 Å². The summed E-state index contributed by atoms with van der Waals surface area (Å²) in [7, 11) is 0. The maximum absolute atomic E-state index is 2.36. The molecular weight excluding hydrogens is 288 g/mol. The van der Waals surface area contributed by atoms with Gasteiger partial charge in [0.15, 0.2) is 0 Å². The van der Waals surface area contributed by atoms with Gasteiger partial charge >= 0.3 is 0 Å². The van der Waals surface area contributed by atoms with Crippen LogP contribution in [-0.2, 0) is 11.8 Å². The molecule has 2 rings (SSSR count). The summed E-state index contributed by atoms with van der Waals surface area (Å²) in [4.78, 5) is 0. The molecule has 0 saturated heterocycles. The molecule has 0 radical (unpaired) electrons. The molecule has 0 aliphatic carbocycles. The number of hydrogen-bond donors (Lipinski definition) is 0. The van der Waals surface area contributed by atoms with Gasteiger partial charge in [0.25, 0.3) is 0 Å². The van der Waals surface area contributed by atoms with Crippen molar-refractivity contribution in [1.82, 2.24) is 0 Å². The SMILES string of the molecule is CCC.CCC(C)Cc1c(C)ccc2c(C(C)(C)CC)cccc12. The van der Waals surface area contributed by atoms with Gasteiger partial charge in [-0.3, -0.25) is 0 Å². The molecule has 0 saturated carbocycles. The fraction of sp³-hybridized carbons (Fsp3) is 0.583. The Labute approximate surface area is 150 Å². The molecule has 1 atom stereocenters. The molecule has 2 aromatic rings. The van der Waals surface area contributed by atoms with Gasteiger partial charge < -0.3 is 0 Å². The Balaban J connectivity index is 0.000000891. The van der Waals surface area contributed by atoms with Crippen molar-refractivity contribution in [3.8, 4) is 0 Å².